The average molecular weight is 367 g/mol. The number of thiazole rings is 1. The van der Waals surface area contributed by atoms with Crippen LogP contribution in [0.25, 0.3) is 22.4 Å². The molecule has 0 fully saturated rings. The molecule has 4 heteroatoms. The van der Waals surface area contributed by atoms with E-state index < -0.39 is 0 Å². The summed E-state index contributed by atoms with van der Waals surface area (Å²) in [6.07, 6.45) is 5.30. The van der Waals surface area contributed by atoms with Gasteiger partial charge in [0.25, 0.3) is 0 Å². The number of aliphatic hydroxyl groups is 1. The summed E-state index contributed by atoms with van der Waals surface area (Å²) in [5, 5.41) is 10.4. The zero-order valence-electron chi connectivity index (χ0n) is 15.4. The Labute approximate surface area is 159 Å². The summed E-state index contributed by atoms with van der Waals surface area (Å²) in [6, 6.07) is 16.7. The number of hydrogen-bond acceptors (Lipinski definition) is 4. The van der Waals surface area contributed by atoms with Crippen molar-refractivity contribution in [1.29, 1.82) is 0 Å². The number of fused-ring (bicyclic) bond motifs is 1. The fraction of sp³-hybridized carbons (Fsp3) is 0.318. The molecule has 0 spiro atoms. The highest BCUT2D eigenvalue weighted by Gasteiger charge is 2.07. The molecule has 2 aromatic carbocycles. The van der Waals surface area contributed by atoms with Crippen LogP contribution >= 0.6 is 11.3 Å². The SMILES string of the molecule is CC(C)CCN(CCO)c1ccc(/C=C/c2nc3ccccc3s2)cc1. The van der Waals surface area contributed by atoms with Crippen LogP contribution in [0, 0.1) is 5.92 Å². The van der Waals surface area contributed by atoms with Gasteiger partial charge in [-0.05, 0) is 48.2 Å². The van der Waals surface area contributed by atoms with E-state index in [4.69, 9.17) is 0 Å². The second-order valence-electron chi connectivity index (χ2n) is 6.84. The van der Waals surface area contributed by atoms with Gasteiger partial charge >= 0.3 is 0 Å². The van der Waals surface area contributed by atoms with Gasteiger partial charge in [0.2, 0.25) is 0 Å². The van der Waals surface area contributed by atoms with Crippen LogP contribution in [0.2, 0.25) is 0 Å². The van der Waals surface area contributed by atoms with E-state index in [0.29, 0.717) is 12.5 Å². The van der Waals surface area contributed by atoms with Crippen molar-refractivity contribution in [3.63, 3.8) is 0 Å². The van der Waals surface area contributed by atoms with Crippen molar-refractivity contribution in [1.82, 2.24) is 4.98 Å². The molecule has 3 aromatic rings. The van der Waals surface area contributed by atoms with Gasteiger partial charge in [0.15, 0.2) is 0 Å². The lowest BCUT2D eigenvalue weighted by molar-refractivity contribution is 0.301. The molecule has 0 saturated carbocycles. The lowest BCUT2D eigenvalue weighted by atomic mass is 10.1. The van der Waals surface area contributed by atoms with Gasteiger partial charge in [-0.2, -0.15) is 0 Å². The summed E-state index contributed by atoms with van der Waals surface area (Å²) in [6.45, 7) is 6.28. The number of nitrogens with zero attached hydrogens (tertiary/aromatic N) is 2. The zero-order valence-corrected chi connectivity index (χ0v) is 16.2. The van der Waals surface area contributed by atoms with Crippen molar-refractivity contribution in [3.8, 4) is 0 Å². The molecule has 136 valence electrons. The van der Waals surface area contributed by atoms with E-state index in [1.54, 1.807) is 11.3 Å². The largest absolute Gasteiger partial charge is 0.395 e. The Bertz CT molecular complexity index is 819. The molecule has 26 heavy (non-hydrogen) atoms. The van der Waals surface area contributed by atoms with Gasteiger partial charge in [0.05, 0.1) is 16.8 Å². The Kier molecular flexibility index (Phi) is 6.42. The lowest BCUT2D eigenvalue weighted by Gasteiger charge is -2.25. The maximum atomic E-state index is 9.33. The maximum Gasteiger partial charge on any atom is 0.117 e. The number of aliphatic hydroxyl groups excluding tert-OH is 1. The van der Waals surface area contributed by atoms with E-state index in [1.165, 1.54) is 4.70 Å². The topological polar surface area (TPSA) is 36.4 Å². The van der Waals surface area contributed by atoms with Gasteiger partial charge in [-0.25, -0.2) is 4.98 Å². The summed E-state index contributed by atoms with van der Waals surface area (Å²) in [5.74, 6) is 0.659. The van der Waals surface area contributed by atoms with Crippen molar-refractivity contribution in [2.24, 2.45) is 5.92 Å². The van der Waals surface area contributed by atoms with Crippen molar-refractivity contribution < 1.29 is 5.11 Å². The first-order valence-corrected chi connectivity index (χ1v) is 9.97. The zero-order chi connectivity index (χ0) is 18.4. The second kappa shape index (κ2) is 8.97. The van der Waals surface area contributed by atoms with E-state index in [0.717, 1.165) is 34.7 Å². The van der Waals surface area contributed by atoms with Gasteiger partial charge < -0.3 is 10.0 Å². The number of anilines is 1. The minimum atomic E-state index is 0.178. The third-order valence-corrected chi connectivity index (χ3v) is 5.33. The molecule has 1 aromatic heterocycles. The molecule has 0 radical (unpaired) electrons. The van der Waals surface area contributed by atoms with E-state index in [1.807, 2.05) is 18.2 Å². The molecule has 0 bridgehead atoms. The molecule has 0 unspecified atom stereocenters. The van der Waals surface area contributed by atoms with E-state index in [-0.39, 0.29) is 6.61 Å². The first-order chi connectivity index (χ1) is 12.7. The van der Waals surface area contributed by atoms with E-state index in [9.17, 15) is 5.11 Å². The molecule has 0 saturated heterocycles. The van der Waals surface area contributed by atoms with Crippen molar-refractivity contribution in [2.75, 3.05) is 24.6 Å². The third-order valence-electron chi connectivity index (χ3n) is 4.33. The predicted molar refractivity (Wildman–Crippen MR) is 114 cm³/mol. The lowest BCUT2D eigenvalue weighted by Crippen LogP contribution is -2.28. The van der Waals surface area contributed by atoms with Crippen LogP contribution in [-0.4, -0.2) is 29.8 Å². The first-order valence-electron chi connectivity index (χ1n) is 9.15. The average Bonchev–Trinajstić information content (AvgIpc) is 3.07. The highest BCUT2D eigenvalue weighted by Crippen LogP contribution is 2.23. The van der Waals surface area contributed by atoms with Crippen molar-refractivity contribution in [3.05, 3.63) is 59.1 Å². The van der Waals surface area contributed by atoms with Crippen LogP contribution in [-0.2, 0) is 0 Å². The van der Waals surface area contributed by atoms with Crippen LogP contribution < -0.4 is 4.90 Å². The summed E-state index contributed by atoms with van der Waals surface area (Å²) < 4.78 is 1.22. The van der Waals surface area contributed by atoms with Crippen LogP contribution in [0.5, 0.6) is 0 Å². The number of hydrogen-bond donors (Lipinski definition) is 1. The summed E-state index contributed by atoms with van der Waals surface area (Å²) >= 11 is 1.71. The van der Waals surface area contributed by atoms with Gasteiger partial charge in [0.1, 0.15) is 5.01 Å². The third kappa shape index (κ3) is 4.93. The molecule has 0 aliphatic heterocycles. The first kappa shape index (κ1) is 18.6. The summed E-state index contributed by atoms with van der Waals surface area (Å²) in [4.78, 5) is 6.89. The second-order valence-corrected chi connectivity index (χ2v) is 7.90. The Balaban J connectivity index is 1.69. The van der Waals surface area contributed by atoms with E-state index >= 15 is 0 Å². The molecule has 0 aliphatic rings. The van der Waals surface area contributed by atoms with Gasteiger partial charge in [-0.15, -0.1) is 11.3 Å². The molecule has 3 nitrogen and oxygen atoms in total. The molecule has 0 aliphatic carbocycles. The van der Waals surface area contributed by atoms with Crippen LogP contribution in [0.4, 0.5) is 5.69 Å². The monoisotopic (exact) mass is 366 g/mol. The minimum absolute atomic E-state index is 0.178. The Morgan fingerprint density at radius 2 is 1.81 bits per heavy atom. The standard InChI is InChI=1S/C22H26N2OS/c1-17(2)13-14-24(15-16-25)19-10-7-18(8-11-19)9-12-22-23-20-5-3-4-6-21(20)26-22/h3-12,17,25H,13-16H2,1-2H3/b12-9+. The molecule has 0 atom stereocenters. The van der Waals surface area contributed by atoms with Crippen LogP contribution in [0.1, 0.15) is 30.8 Å². The van der Waals surface area contributed by atoms with E-state index in [2.05, 4.69) is 66.2 Å². The predicted octanol–water partition coefficient (Wildman–Crippen LogP) is 5.31. The fourth-order valence-corrected chi connectivity index (χ4v) is 3.70. The number of benzene rings is 2. The fourth-order valence-electron chi connectivity index (χ4n) is 2.83. The molecule has 3 rings (SSSR count). The van der Waals surface area contributed by atoms with Crippen LogP contribution in [0.3, 0.4) is 0 Å². The molecule has 1 heterocycles. The quantitative estimate of drug-likeness (QED) is 0.587. The van der Waals surface area contributed by atoms with Crippen molar-refractivity contribution in [2.45, 2.75) is 20.3 Å². The molecular formula is C22H26N2OS. The molecule has 1 N–H and O–H groups in total. The summed E-state index contributed by atoms with van der Waals surface area (Å²) in [7, 11) is 0. The Hall–Kier alpha value is -2.17. The summed E-state index contributed by atoms with van der Waals surface area (Å²) in [5.41, 5.74) is 3.37. The number of rotatable bonds is 8. The molecular weight excluding hydrogens is 340 g/mol. The highest BCUT2D eigenvalue weighted by molar-refractivity contribution is 7.19. The number of aromatic nitrogens is 1. The van der Waals surface area contributed by atoms with Gasteiger partial charge in [-0.3, -0.25) is 0 Å². The van der Waals surface area contributed by atoms with Crippen molar-refractivity contribution >= 4 is 39.4 Å². The van der Waals surface area contributed by atoms with Gasteiger partial charge in [0, 0.05) is 18.8 Å². The minimum Gasteiger partial charge on any atom is -0.395 e. The maximum absolute atomic E-state index is 9.33. The smallest absolute Gasteiger partial charge is 0.117 e. The normalized spacial score (nSPS) is 11.7. The number of para-hydroxylation sites is 1. The Morgan fingerprint density at radius 1 is 1.04 bits per heavy atom. The van der Waals surface area contributed by atoms with Gasteiger partial charge in [-0.1, -0.05) is 44.2 Å². The Morgan fingerprint density at radius 3 is 2.50 bits per heavy atom. The molecule has 0 amide bonds. The highest BCUT2D eigenvalue weighted by atomic mass is 32.1. The van der Waals surface area contributed by atoms with Crippen LogP contribution in [0.15, 0.2) is 48.5 Å².